The van der Waals surface area contributed by atoms with Crippen molar-refractivity contribution in [3.63, 3.8) is 0 Å². The topological polar surface area (TPSA) is 84.9 Å². The summed E-state index contributed by atoms with van der Waals surface area (Å²) in [5.74, 6) is -0.540. The molecule has 1 heterocycles. The van der Waals surface area contributed by atoms with E-state index in [1.807, 2.05) is 6.92 Å². The molecule has 0 aliphatic rings. The van der Waals surface area contributed by atoms with E-state index >= 15 is 0 Å². The van der Waals surface area contributed by atoms with E-state index in [1.165, 1.54) is 4.90 Å². The molecule has 1 aromatic heterocycles. The molecule has 150 valence electrons. The molecule has 0 saturated heterocycles. The van der Waals surface area contributed by atoms with Crippen molar-refractivity contribution in [2.24, 2.45) is 0 Å². The first-order valence-electron chi connectivity index (χ1n) is 8.86. The van der Waals surface area contributed by atoms with E-state index in [9.17, 15) is 14.4 Å². The summed E-state index contributed by atoms with van der Waals surface area (Å²) in [7, 11) is 3.26. The highest BCUT2D eigenvalue weighted by atomic mass is 32.1. The molecule has 0 bridgehead atoms. The highest BCUT2D eigenvalue weighted by molar-refractivity contribution is 7.18. The number of nitrogens with zero attached hydrogens (tertiary/aromatic N) is 1. The first kappa shape index (κ1) is 21.4. The molecule has 28 heavy (non-hydrogen) atoms. The Morgan fingerprint density at radius 2 is 1.71 bits per heavy atom. The number of hydrogen-bond acceptors (Lipinski definition) is 6. The van der Waals surface area contributed by atoms with Crippen molar-refractivity contribution in [2.75, 3.05) is 32.6 Å². The van der Waals surface area contributed by atoms with E-state index in [-0.39, 0.29) is 18.1 Å². The van der Waals surface area contributed by atoms with E-state index in [2.05, 4.69) is 5.32 Å². The van der Waals surface area contributed by atoms with Gasteiger partial charge < -0.3 is 19.7 Å². The lowest BCUT2D eigenvalue weighted by molar-refractivity contribution is 0.0527. The Kier molecular flexibility index (Phi) is 7.17. The Morgan fingerprint density at radius 1 is 1.07 bits per heavy atom. The van der Waals surface area contributed by atoms with Gasteiger partial charge in [0.25, 0.3) is 11.8 Å². The van der Waals surface area contributed by atoms with Gasteiger partial charge in [-0.2, -0.15) is 0 Å². The average molecular weight is 404 g/mol. The maximum atomic E-state index is 12.6. The number of hydrogen-bond donors (Lipinski definition) is 1. The number of benzene rings is 1. The Labute approximate surface area is 168 Å². The van der Waals surface area contributed by atoms with Gasteiger partial charge in [-0.25, -0.2) is 4.79 Å². The maximum Gasteiger partial charge on any atom is 0.341 e. The van der Waals surface area contributed by atoms with Gasteiger partial charge in [0.1, 0.15) is 10.8 Å². The normalized spacial score (nSPS) is 10.3. The molecular weight excluding hydrogens is 380 g/mol. The summed E-state index contributed by atoms with van der Waals surface area (Å²) in [5.41, 5.74) is 1.10. The van der Waals surface area contributed by atoms with Crippen molar-refractivity contribution in [3.05, 3.63) is 45.8 Å². The standard InChI is InChI=1S/C20H24N2O5S/c1-6-26-14-10-8-13(9-11-14)17(23)21-18-15(20(25)27-7-2)12(3)16(28-18)19(24)22(4)5/h8-11H,6-7H2,1-5H3,(H,21,23). The fraction of sp³-hybridized carbons (Fsp3) is 0.350. The summed E-state index contributed by atoms with van der Waals surface area (Å²) >= 11 is 1.06. The smallest absolute Gasteiger partial charge is 0.341 e. The molecule has 0 saturated carbocycles. The third-order valence-electron chi connectivity index (χ3n) is 3.88. The number of carbonyl (C=O) groups is 3. The van der Waals surface area contributed by atoms with Gasteiger partial charge in [-0.15, -0.1) is 11.3 Å². The predicted molar refractivity (Wildman–Crippen MR) is 109 cm³/mol. The summed E-state index contributed by atoms with van der Waals surface area (Å²) in [5, 5.41) is 3.03. The number of amides is 2. The number of carbonyl (C=O) groups excluding carboxylic acids is 3. The van der Waals surface area contributed by atoms with Crippen LogP contribution in [0.1, 0.15) is 49.8 Å². The van der Waals surface area contributed by atoms with Gasteiger partial charge in [-0.1, -0.05) is 0 Å². The van der Waals surface area contributed by atoms with Crippen LogP contribution < -0.4 is 10.1 Å². The number of ether oxygens (including phenoxy) is 2. The first-order valence-corrected chi connectivity index (χ1v) is 9.68. The fourth-order valence-corrected chi connectivity index (χ4v) is 3.71. The van der Waals surface area contributed by atoms with Crippen molar-refractivity contribution in [2.45, 2.75) is 20.8 Å². The monoisotopic (exact) mass is 404 g/mol. The second kappa shape index (κ2) is 9.36. The molecule has 0 fully saturated rings. The number of anilines is 1. The van der Waals surface area contributed by atoms with Crippen LogP contribution in [0.2, 0.25) is 0 Å². The molecule has 1 N–H and O–H groups in total. The Balaban J connectivity index is 2.37. The minimum absolute atomic E-state index is 0.192. The van der Waals surface area contributed by atoms with Crippen LogP contribution in [0.15, 0.2) is 24.3 Å². The van der Waals surface area contributed by atoms with Gasteiger partial charge in [-0.3, -0.25) is 9.59 Å². The van der Waals surface area contributed by atoms with Crippen molar-refractivity contribution >= 4 is 34.1 Å². The molecule has 0 aliphatic heterocycles. The Hall–Kier alpha value is -2.87. The van der Waals surface area contributed by atoms with Gasteiger partial charge in [0.2, 0.25) is 0 Å². The van der Waals surface area contributed by atoms with Crippen molar-refractivity contribution in [3.8, 4) is 5.75 Å². The van der Waals surface area contributed by atoms with Crippen LogP contribution >= 0.6 is 11.3 Å². The Morgan fingerprint density at radius 3 is 2.25 bits per heavy atom. The van der Waals surface area contributed by atoms with Crippen molar-refractivity contribution in [1.82, 2.24) is 4.90 Å². The van der Waals surface area contributed by atoms with Gasteiger partial charge >= 0.3 is 5.97 Å². The summed E-state index contributed by atoms with van der Waals surface area (Å²) in [6.45, 7) is 5.97. The van der Waals surface area contributed by atoms with Crippen LogP contribution in [0.3, 0.4) is 0 Å². The van der Waals surface area contributed by atoms with Gasteiger partial charge in [-0.05, 0) is 50.6 Å². The third kappa shape index (κ3) is 4.69. The zero-order valence-electron chi connectivity index (χ0n) is 16.6. The van der Waals surface area contributed by atoms with Gasteiger partial charge in [0.05, 0.1) is 23.7 Å². The summed E-state index contributed by atoms with van der Waals surface area (Å²) < 4.78 is 10.5. The molecule has 0 aliphatic carbocycles. The van der Waals surface area contributed by atoms with E-state index in [0.717, 1.165) is 11.3 Å². The maximum absolute atomic E-state index is 12.6. The van der Waals surface area contributed by atoms with Crippen molar-refractivity contribution in [1.29, 1.82) is 0 Å². The average Bonchev–Trinajstić information content (AvgIpc) is 2.97. The van der Waals surface area contributed by atoms with Gasteiger partial charge in [0, 0.05) is 19.7 Å². The van der Waals surface area contributed by atoms with E-state index in [4.69, 9.17) is 9.47 Å². The molecule has 1 aromatic carbocycles. The van der Waals surface area contributed by atoms with Crippen LogP contribution in [0.25, 0.3) is 0 Å². The number of nitrogens with one attached hydrogen (secondary N) is 1. The highest BCUT2D eigenvalue weighted by Crippen LogP contribution is 2.34. The zero-order chi connectivity index (χ0) is 20.8. The van der Waals surface area contributed by atoms with Gasteiger partial charge in [0.15, 0.2) is 0 Å². The number of esters is 1. The second-order valence-electron chi connectivity index (χ2n) is 6.09. The molecule has 2 amide bonds. The number of rotatable bonds is 7. The first-order chi connectivity index (χ1) is 13.3. The van der Waals surface area contributed by atoms with Crippen molar-refractivity contribution < 1.29 is 23.9 Å². The van der Waals surface area contributed by atoms with E-state index in [0.29, 0.717) is 33.4 Å². The molecule has 8 heteroatoms. The fourth-order valence-electron chi connectivity index (χ4n) is 2.50. The van der Waals surface area contributed by atoms with Crippen LogP contribution in [-0.4, -0.2) is 50.0 Å². The molecule has 2 aromatic rings. The van der Waals surface area contributed by atoms with Crippen LogP contribution in [-0.2, 0) is 4.74 Å². The third-order valence-corrected chi connectivity index (χ3v) is 5.08. The molecule has 0 radical (unpaired) electrons. The van der Waals surface area contributed by atoms with E-state index < -0.39 is 11.9 Å². The lowest BCUT2D eigenvalue weighted by atomic mass is 10.1. The molecule has 0 atom stereocenters. The summed E-state index contributed by atoms with van der Waals surface area (Å²) in [4.78, 5) is 39.3. The van der Waals surface area contributed by atoms with Crippen LogP contribution in [0.4, 0.5) is 5.00 Å². The highest BCUT2D eigenvalue weighted by Gasteiger charge is 2.27. The molecule has 0 spiro atoms. The van der Waals surface area contributed by atoms with E-state index in [1.54, 1.807) is 52.2 Å². The van der Waals surface area contributed by atoms with Crippen LogP contribution in [0.5, 0.6) is 5.75 Å². The predicted octanol–water partition coefficient (Wildman–Crippen LogP) is 3.59. The largest absolute Gasteiger partial charge is 0.494 e. The minimum Gasteiger partial charge on any atom is -0.494 e. The molecular formula is C20H24N2O5S. The summed E-state index contributed by atoms with van der Waals surface area (Å²) in [6, 6.07) is 6.67. The molecule has 0 unspecified atom stereocenters. The lowest BCUT2D eigenvalue weighted by Gasteiger charge is -2.09. The Bertz CT molecular complexity index is 871. The molecule has 2 rings (SSSR count). The van der Waals surface area contributed by atoms with Crippen LogP contribution in [0, 0.1) is 6.92 Å². The zero-order valence-corrected chi connectivity index (χ0v) is 17.4. The molecule has 7 nitrogen and oxygen atoms in total. The number of thiophene rings is 1. The minimum atomic E-state index is -0.573. The quantitative estimate of drug-likeness (QED) is 0.713. The summed E-state index contributed by atoms with van der Waals surface area (Å²) in [6.07, 6.45) is 0. The second-order valence-corrected chi connectivity index (χ2v) is 7.11. The lowest BCUT2D eigenvalue weighted by Crippen LogP contribution is -2.21. The SMILES string of the molecule is CCOC(=O)c1c(NC(=O)c2ccc(OCC)cc2)sc(C(=O)N(C)C)c1C.